The number of fused-ring (bicyclic) bond motifs is 2. The van der Waals surface area contributed by atoms with Crippen LogP contribution in [0.15, 0.2) is 12.1 Å². The zero-order valence-electron chi connectivity index (χ0n) is 8.53. The van der Waals surface area contributed by atoms with Crippen molar-refractivity contribution >= 4 is 28.9 Å². The second-order valence-electron chi connectivity index (χ2n) is 4.82. The lowest BCUT2D eigenvalue weighted by Crippen LogP contribution is -2.62. The summed E-state index contributed by atoms with van der Waals surface area (Å²) in [7, 11) is 0. The smallest absolute Gasteiger partial charge is 0.312 e. The zero-order chi connectivity index (χ0) is 11.4. The Hall–Kier alpha value is -0.580. The van der Waals surface area contributed by atoms with E-state index in [1.807, 2.05) is 12.1 Å². The van der Waals surface area contributed by atoms with Gasteiger partial charge in [-0.1, -0.05) is 11.6 Å². The molecule has 0 aromatic carbocycles. The molecule has 0 amide bonds. The Morgan fingerprint density at radius 1 is 1.44 bits per heavy atom. The topological polar surface area (TPSA) is 46.5 Å². The minimum atomic E-state index is -0.731. The van der Waals surface area contributed by atoms with Gasteiger partial charge in [-0.05, 0) is 25.0 Å². The lowest BCUT2D eigenvalue weighted by Gasteiger charge is -2.57. The third kappa shape index (κ3) is 1.27. The first-order chi connectivity index (χ1) is 7.56. The first-order valence-corrected chi connectivity index (χ1v) is 6.33. The third-order valence-electron chi connectivity index (χ3n) is 3.66. The summed E-state index contributed by atoms with van der Waals surface area (Å²) in [6.45, 7) is 0.974. The molecule has 1 aromatic rings. The van der Waals surface area contributed by atoms with Crippen molar-refractivity contribution in [2.75, 3.05) is 13.2 Å². The van der Waals surface area contributed by atoms with Crippen LogP contribution in [0.3, 0.4) is 0 Å². The van der Waals surface area contributed by atoms with Crippen LogP contribution in [-0.4, -0.2) is 24.3 Å². The third-order valence-corrected chi connectivity index (χ3v) is 5.14. The van der Waals surface area contributed by atoms with Gasteiger partial charge in [0.1, 0.15) is 0 Å². The maximum Gasteiger partial charge on any atom is 0.312 e. The maximum atomic E-state index is 11.2. The second-order valence-corrected chi connectivity index (χ2v) is 6.53. The summed E-state index contributed by atoms with van der Waals surface area (Å²) in [5.74, 6) is -0.731. The molecule has 3 heterocycles. The minimum absolute atomic E-state index is 0.0888. The highest BCUT2D eigenvalue weighted by molar-refractivity contribution is 7.16. The molecule has 3 nitrogen and oxygen atoms in total. The van der Waals surface area contributed by atoms with Crippen LogP contribution in [0.25, 0.3) is 0 Å². The fourth-order valence-corrected chi connectivity index (χ4v) is 4.16. The lowest BCUT2D eigenvalue weighted by atomic mass is 9.51. The highest BCUT2D eigenvalue weighted by Gasteiger charge is 2.63. The molecule has 3 fully saturated rings. The van der Waals surface area contributed by atoms with Crippen LogP contribution >= 0.6 is 22.9 Å². The number of carbonyl (C=O) groups is 1. The Labute approximate surface area is 102 Å². The van der Waals surface area contributed by atoms with Gasteiger partial charge in [-0.25, -0.2) is 0 Å². The molecule has 0 unspecified atom stereocenters. The van der Waals surface area contributed by atoms with E-state index in [9.17, 15) is 9.90 Å². The Bertz CT molecular complexity index is 448. The molecule has 2 aliphatic heterocycles. The van der Waals surface area contributed by atoms with Gasteiger partial charge in [0.05, 0.1) is 23.0 Å². The molecule has 5 heteroatoms. The lowest BCUT2D eigenvalue weighted by molar-refractivity contribution is -0.191. The van der Waals surface area contributed by atoms with Gasteiger partial charge in [-0.2, -0.15) is 0 Å². The SMILES string of the molecule is O=C(O)C12COCC(c3ccc(Cl)s3)(C1)C2. The first kappa shape index (κ1) is 10.6. The Morgan fingerprint density at radius 3 is 2.75 bits per heavy atom. The average Bonchev–Trinajstić information content (AvgIpc) is 2.64. The highest BCUT2D eigenvalue weighted by Crippen LogP contribution is 2.60. The Morgan fingerprint density at radius 2 is 2.19 bits per heavy atom. The largest absolute Gasteiger partial charge is 0.481 e. The molecule has 4 rings (SSSR count). The van der Waals surface area contributed by atoms with Gasteiger partial charge in [0.25, 0.3) is 0 Å². The van der Waals surface area contributed by atoms with Crippen molar-refractivity contribution in [3.8, 4) is 0 Å². The second kappa shape index (κ2) is 3.22. The standard InChI is InChI=1S/C11H11ClO3S/c12-8-2-1-7(16-8)10-3-11(4-10,9(13)14)6-15-5-10/h1-2H,3-6H2,(H,13,14). The van der Waals surface area contributed by atoms with Crippen LogP contribution < -0.4 is 0 Å². The van der Waals surface area contributed by atoms with Crippen LogP contribution in [0.5, 0.6) is 0 Å². The molecular formula is C11H11ClO3S. The number of carboxylic acids is 1. The summed E-state index contributed by atoms with van der Waals surface area (Å²) >= 11 is 7.45. The monoisotopic (exact) mass is 258 g/mol. The predicted molar refractivity (Wildman–Crippen MR) is 61.1 cm³/mol. The van der Waals surface area contributed by atoms with Crippen LogP contribution in [0.1, 0.15) is 17.7 Å². The zero-order valence-corrected chi connectivity index (χ0v) is 10.1. The molecule has 1 N–H and O–H groups in total. The summed E-state index contributed by atoms with van der Waals surface area (Å²) in [6, 6.07) is 3.86. The number of halogens is 1. The van der Waals surface area contributed by atoms with Crippen LogP contribution in [-0.2, 0) is 14.9 Å². The van der Waals surface area contributed by atoms with Gasteiger partial charge in [-0.3, -0.25) is 4.79 Å². The van der Waals surface area contributed by atoms with Crippen molar-refractivity contribution < 1.29 is 14.6 Å². The Kier molecular flexibility index (Phi) is 2.12. The van der Waals surface area contributed by atoms with E-state index in [0.717, 1.165) is 9.21 Å². The molecule has 1 saturated carbocycles. The van der Waals surface area contributed by atoms with Crippen LogP contribution in [0.4, 0.5) is 0 Å². The van der Waals surface area contributed by atoms with Gasteiger partial charge in [0, 0.05) is 10.3 Å². The van der Waals surface area contributed by atoms with E-state index in [1.54, 1.807) is 0 Å². The van der Waals surface area contributed by atoms with Gasteiger partial charge in [0.2, 0.25) is 0 Å². The van der Waals surface area contributed by atoms with E-state index in [-0.39, 0.29) is 5.41 Å². The summed E-state index contributed by atoms with van der Waals surface area (Å²) in [6.07, 6.45) is 1.37. The molecule has 1 aliphatic carbocycles. The molecule has 3 aliphatic rings. The number of hydrogen-bond acceptors (Lipinski definition) is 3. The van der Waals surface area contributed by atoms with E-state index < -0.39 is 11.4 Å². The summed E-state index contributed by atoms with van der Waals surface area (Å²) in [4.78, 5) is 12.4. The van der Waals surface area contributed by atoms with E-state index >= 15 is 0 Å². The number of aliphatic carboxylic acids is 1. The molecule has 2 saturated heterocycles. The van der Waals surface area contributed by atoms with E-state index in [2.05, 4.69) is 0 Å². The van der Waals surface area contributed by atoms with Gasteiger partial charge in [-0.15, -0.1) is 11.3 Å². The predicted octanol–water partition coefficient (Wildman–Crippen LogP) is 2.53. The van der Waals surface area contributed by atoms with Gasteiger partial charge < -0.3 is 9.84 Å². The molecule has 0 radical (unpaired) electrons. The van der Waals surface area contributed by atoms with Gasteiger partial charge >= 0.3 is 5.97 Å². The molecule has 86 valence electrons. The normalized spacial score (nSPS) is 36.8. The summed E-state index contributed by atoms with van der Waals surface area (Å²) < 4.78 is 6.20. The fraction of sp³-hybridized carbons (Fsp3) is 0.545. The highest BCUT2D eigenvalue weighted by atomic mass is 35.5. The molecular weight excluding hydrogens is 248 g/mol. The molecule has 16 heavy (non-hydrogen) atoms. The average molecular weight is 259 g/mol. The van der Waals surface area contributed by atoms with Crippen LogP contribution in [0.2, 0.25) is 4.34 Å². The number of thiophene rings is 1. The summed E-state index contributed by atoms with van der Waals surface area (Å²) in [5, 5.41) is 9.20. The number of ether oxygens (including phenoxy) is 1. The minimum Gasteiger partial charge on any atom is -0.481 e. The van der Waals surface area contributed by atoms with Crippen molar-refractivity contribution in [2.24, 2.45) is 5.41 Å². The molecule has 1 aromatic heterocycles. The molecule has 0 atom stereocenters. The van der Waals surface area contributed by atoms with Crippen molar-refractivity contribution in [3.05, 3.63) is 21.3 Å². The fourth-order valence-electron chi connectivity index (χ4n) is 2.95. The molecule has 2 bridgehead atoms. The van der Waals surface area contributed by atoms with Gasteiger partial charge in [0.15, 0.2) is 0 Å². The van der Waals surface area contributed by atoms with E-state index in [4.69, 9.17) is 16.3 Å². The van der Waals surface area contributed by atoms with Crippen molar-refractivity contribution in [2.45, 2.75) is 18.3 Å². The number of rotatable bonds is 2. The van der Waals surface area contributed by atoms with Crippen molar-refractivity contribution in [1.82, 2.24) is 0 Å². The number of carboxylic acid groups (broad SMARTS) is 1. The summed E-state index contributed by atoms with van der Waals surface area (Å²) in [5.41, 5.74) is -0.733. The van der Waals surface area contributed by atoms with Crippen molar-refractivity contribution in [3.63, 3.8) is 0 Å². The van der Waals surface area contributed by atoms with E-state index in [0.29, 0.717) is 26.1 Å². The van der Waals surface area contributed by atoms with Crippen molar-refractivity contribution in [1.29, 1.82) is 0 Å². The Balaban J connectivity index is 1.91. The first-order valence-electron chi connectivity index (χ1n) is 5.13. The van der Waals surface area contributed by atoms with Crippen LogP contribution in [0, 0.1) is 5.41 Å². The quantitative estimate of drug-likeness (QED) is 0.887. The maximum absolute atomic E-state index is 11.2. The van der Waals surface area contributed by atoms with E-state index in [1.165, 1.54) is 11.3 Å². The molecule has 0 spiro atoms. The number of hydrogen-bond donors (Lipinski definition) is 1.